The van der Waals surface area contributed by atoms with Crippen molar-refractivity contribution in [2.75, 3.05) is 11.9 Å². The Hall–Kier alpha value is -4.88. The molecule has 0 heterocycles. The molecule has 6 aromatic rings. The van der Waals surface area contributed by atoms with Crippen molar-refractivity contribution in [2.45, 2.75) is 24.7 Å². The van der Waals surface area contributed by atoms with Crippen LogP contribution in [0.3, 0.4) is 0 Å². The minimum absolute atomic E-state index is 0.0285. The molecule has 0 radical (unpaired) electrons. The summed E-state index contributed by atoms with van der Waals surface area (Å²) in [4.78, 5) is 2.34. The molecule has 0 fully saturated rings. The average Bonchev–Trinajstić information content (AvgIpc) is 3.48. The van der Waals surface area contributed by atoms with Crippen LogP contribution in [0.2, 0.25) is 0 Å². The average molecular weight is 540 g/mol. The van der Waals surface area contributed by atoms with E-state index in [1.165, 1.54) is 67.0 Å². The third-order valence-electron chi connectivity index (χ3n) is 9.78. The summed E-state index contributed by atoms with van der Waals surface area (Å²) >= 11 is 0. The molecule has 0 N–H and O–H groups in total. The number of benzene rings is 6. The van der Waals surface area contributed by atoms with E-state index >= 15 is 0 Å². The van der Waals surface area contributed by atoms with E-state index in [0.717, 1.165) is 0 Å². The van der Waals surface area contributed by atoms with Crippen LogP contribution in [-0.4, -0.2) is 7.05 Å². The third-order valence-corrected chi connectivity index (χ3v) is 9.78. The van der Waals surface area contributed by atoms with Gasteiger partial charge in [0, 0.05) is 23.8 Å². The SMILES string of the molecule is CN(c1cccc(C2(c3ccccc3)c3ccccc3-c3ccccc32)c1)c1ccc2c(c1)C(C)(C)c1ccccc1-2. The molecule has 2 aliphatic carbocycles. The van der Waals surface area contributed by atoms with Crippen LogP contribution < -0.4 is 4.90 Å². The monoisotopic (exact) mass is 539 g/mol. The van der Waals surface area contributed by atoms with Gasteiger partial charge in [0.2, 0.25) is 0 Å². The Morgan fingerprint density at radius 3 is 1.57 bits per heavy atom. The maximum absolute atomic E-state index is 2.40. The molecule has 0 saturated carbocycles. The van der Waals surface area contributed by atoms with Gasteiger partial charge in [-0.2, -0.15) is 0 Å². The molecule has 8 rings (SSSR count). The van der Waals surface area contributed by atoms with E-state index in [0.29, 0.717) is 0 Å². The molecule has 0 aromatic heterocycles. The first kappa shape index (κ1) is 24.9. The van der Waals surface area contributed by atoms with E-state index in [1.807, 2.05) is 0 Å². The zero-order valence-electron chi connectivity index (χ0n) is 24.3. The normalized spacial score (nSPS) is 14.9. The van der Waals surface area contributed by atoms with Gasteiger partial charge in [0.25, 0.3) is 0 Å². The summed E-state index contributed by atoms with van der Waals surface area (Å²) in [5.41, 5.74) is 15.4. The van der Waals surface area contributed by atoms with Gasteiger partial charge in [0.05, 0.1) is 5.41 Å². The van der Waals surface area contributed by atoms with Crippen LogP contribution in [0.25, 0.3) is 22.3 Å². The lowest BCUT2D eigenvalue weighted by atomic mass is 9.67. The Kier molecular flexibility index (Phi) is 5.37. The second kappa shape index (κ2) is 9.06. The van der Waals surface area contributed by atoms with E-state index in [-0.39, 0.29) is 5.41 Å². The maximum atomic E-state index is 2.40. The standard InChI is InChI=1S/C41H33N/c1-40(2)36-21-10-7-18-32(36)35-25-24-31(27-39(35)40)42(3)30-17-13-16-29(26-30)41(28-14-5-4-6-15-28)37-22-11-8-19-33(37)34-20-9-12-23-38(34)41/h4-27H,1-3H3. The summed E-state index contributed by atoms with van der Waals surface area (Å²) in [5, 5.41) is 0. The van der Waals surface area contributed by atoms with Gasteiger partial charge < -0.3 is 4.90 Å². The van der Waals surface area contributed by atoms with Gasteiger partial charge in [0.1, 0.15) is 0 Å². The summed E-state index contributed by atoms with van der Waals surface area (Å²) in [6.45, 7) is 4.70. The number of nitrogens with zero attached hydrogens (tertiary/aromatic N) is 1. The van der Waals surface area contributed by atoms with Gasteiger partial charge in [-0.15, -0.1) is 0 Å². The Morgan fingerprint density at radius 1 is 0.405 bits per heavy atom. The minimum atomic E-state index is -0.396. The molecule has 42 heavy (non-hydrogen) atoms. The molecule has 0 spiro atoms. The molecule has 0 saturated heterocycles. The topological polar surface area (TPSA) is 3.24 Å². The van der Waals surface area contributed by atoms with Crippen molar-refractivity contribution in [2.24, 2.45) is 0 Å². The maximum Gasteiger partial charge on any atom is 0.0714 e. The molecule has 0 amide bonds. The molecular weight excluding hydrogens is 506 g/mol. The highest BCUT2D eigenvalue weighted by atomic mass is 15.1. The molecular formula is C41H33N. The van der Waals surface area contributed by atoms with Gasteiger partial charge in [-0.25, -0.2) is 0 Å². The lowest BCUT2D eigenvalue weighted by molar-refractivity contribution is 0.660. The van der Waals surface area contributed by atoms with Crippen molar-refractivity contribution in [3.8, 4) is 22.3 Å². The van der Waals surface area contributed by atoms with Crippen molar-refractivity contribution < 1.29 is 0 Å². The summed E-state index contributed by atoms with van der Waals surface area (Å²) in [5.74, 6) is 0. The zero-order valence-corrected chi connectivity index (χ0v) is 24.3. The first-order chi connectivity index (χ1) is 20.5. The first-order valence-electron chi connectivity index (χ1n) is 14.8. The minimum Gasteiger partial charge on any atom is -0.345 e. The van der Waals surface area contributed by atoms with Crippen LogP contribution in [-0.2, 0) is 10.8 Å². The van der Waals surface area contributed by atoms with E-state index in [1.54, 1.807) is 0 Å². The predicted octanol–water partition coefficient (Wildman–Crippen LogP) is 10.1. The van der Waals surface area contributed by atoms with Crippen LogP contribution in [0.4, 0.5) is 11.4 Å². The predicted molar refractivity (Wildman–Crippen MR) is 176 cm³/mol. The second-order valence-electron chi connectivity index (χ2n) is 12.2. The van der Waals surface area contributed by atoms with E-state index in [9.17, 15) is 0 Å². The Balaban J connectivity index is 1.30. The fourth-order valence-corrected chi connectivity index (χ4v) is 7.71. The molecule has 6 aromatic carbocycles. The lowest BCUT2D eigenvalue weighted by Gasteiger charge is -2.34. The van der Waals surface area contributed by atoms with Crippen molar-refractivity contribution >= 4 is 11.4 Å². The summed E-state index contributed by atoms with van der Waals surface area (Å²) in [6.07, 6.45) is 0. The number of rotatable bonds is 4. The summed E-state index contributed by atoms with van der Waals surface area (Å²) in [7, 11) is 2.20. The summed E-state index contributed by atoms with van der Waals surface area (Å²) < 4.78 is 0. The van der Waals surface area contributed by atoms with Crippen LogP contribution in [0, 0.1) is 0 Å². The number of anilines is 2. The van der Waals surface area contributed by atoms with Crippen LogP contribution >= 0.6 is 0 Å². The molecule has 1 nitrogen and oxygen atoms in total. The highest BCUT2D eigenvalue weighted by Crippen LogP contribution is 2.56. The fourth-order valence-electron chi connectivity index (χ4n) is 7.71. The fraction of sp³-hybridized carbons (Fsp3) is 0.122. The smallest absolute Gasteiger partial charge is 0.0714 e. The number of fused-ring (bicyclic) bond motifs is 6. The molecule has 0 unspecified atom stereocenters. The molecule has 1 heteroatoms. The van der Waals surface area contributed by atoms with Crippen molar-refractivity contribution in [1.82, 2.24) is 0 Å². The highest BCUT2D eigenvalue weighted by molar-refractivity contribution is 5.87. The molecule has 0 bridgehead atoms. The highest BCUT2D eigenvalue weighted by Gasteiger charge is 2.46. The van der Waals surface area contributed by atoms with Crippen molar-refractivity contribution in [1.29, 1.82) is 0 Å². The summed E-state index contributed by atoms with van der Waals surface area (Å²) in [6, 6.07) is 53.9. The van der Waals surface area contributed by atoms with Crippen molar-refractivity contribution in [3.63, 3.8) is 0 Å². The molecule has 0 atom stereocenters. The largest absolute Gasteiger partial charge is 0.345 e. The third kappa shape index (κ3) is 3.31. The quantitative estimate of drug-likeness (QED) is 0.215. The van der Waals surface area contributed by atoms with E-state index in [2.05, 4.69) is 171 Å². The second-order valence-corrected chi connectivity index (χ2v) is 12.2. The van der Waals surface area contributed by atoms with Gasteiger partial charge >= 0.3 is 0 Å². The van der Waals surface area contributed by atoms with Crippen LogP contribution in [0.15, 0.2) is 146 Å². The van der Waals surface area contributed by atoms with Gasteiger partial charge in [-0.3, -0.25) is 0 Å². The zero-order chi connectivity index (χ0) is 28.5. The van der Waals surface area contributed by atoms with E-state index < -0.39 is 5.41 Å². The van der Waals surface area contributed by atoms with Crippen molar-refractivity contribution in [3.05, 3.63) is 179 Å². The van der Waals surface area contributed by atoms with Crippen LogP contribution in [0.1, 0.15) is 47.2 Å². The van der Waals surface area contributed by atoms with E-state index in [4.69, 9.17) is 0 Å². The van der Waals surface area contributed by atoms with Gasteiger partial charge in [0.15, 0.2) is 0 Å². The van der Waals surface area contributed by atoms with Gasteiger partial charge in [-0.1, -0.05) is 135 Å². The van der Waals surface area contributed by atoms with Gasteiger partial charge in [-0.05, 0) is 79.9 Å². The Bertz CT molecular complexity index is 1940. The molecule has 2 aliphatic rings. The Labute approximate surface area is 248 Å². The number of hydrogen-bond donors (Lipinski definition) is 0. The van der Waals surface area contributed by atoms with Crippen LogP contribution in [0.5, 0.6) is 0 Å². The molecule has 0 aliphatic heterocycles. The Morgan fingerprint density at radius 2 is 0.905 bits per heavy atom. The molecule has 202 valence electrons. The lowest BCUT2D eigenvalue weighted by Crippen LogP contribution is -2.28. The first-order valence-corrected chi connectivity index (χ1v) is 14.8. The number of hydrogen-bond acceptors (Lipinski definition) is 1.